The molecule has 0 radical (unpaired) electrons. The maximum Gasteiger partial charge on any atom is 0.161 e. The van der Waals surface area contributed by atoms with Gasteiger partial charge in [-0.3, -0.25) is 5.43 Å². The molecule has 0 saturated heterocycles. The van der Waals surface area contributed by atoms with Crippen LogP contribution in [0, 0.1) is 20.8 Å². The molecule has 3 rings (SSSR count). The summed E-state index contributed by atoms with van der Waals surface area (Å²) in [5.41, 5.74) is 8.30. The van der Waals surface area contributed by atoms with Crippen molar-refractivity contribution in [2.75, 3.05) is 12.5 Å². The quantitative estimate of drug-likeness (QED) is 0.550. The summed E-state index contributed by atoms with van der Waals surface area (Å²) in [6.07, 6.45) is 1.66. The fourth-order valence-corrected chi connectivity index (χ4v) is 2.85. The van der Waals surface area contributed by atoms with Gasteiger partial charge < -0.3 is 9.84 Å². The lowest BCUT2D eigenvalue weighted by Gasteiger charge is -2.09. The Balaban J connectivity index is 1.86. The molecule has 0 aliphatic heterocycles. The predicted octanol–water partition coefficient (Wildman–Crippen LogP) is 4.32. The molecule has 0 fully saturated rings. The van der Waals surface area contributed by atoms with Crippen molar-refractivity contribution in [1.82, 2.24) is 4.98 Å². The second kappa shape index (κ2) is 6.81. The van der Waals surface area contributed by atoms with Gasteiger partial charge in [0.05, 0.1) is 18.8 Å². The van der Waals surface area contributed by atoms with Crippen LogP contribution in [0.3, 0.4) is 0 Å². The van der Waals surface area contributed by atoms with Crippen LogP contribution in [0.15, 0.2) is 41.5 Å². The molecule has 5 nitrogen and oxygen atoms in total. The zero-order valence-electron chi connectivity index (χ0n) is 14.8. The molecule has 0 aliphatic carbocycles. The van der Waals surface area contributed by atoms with Crippen molar-refractivity contribution in [2.24, 2.45) is 5.10 Å². The third-order valence-corrected chi connectivity index (χ3v) is 4.05. The van der Waals surface area contributed by atoms with Gasteiger partial charge in [0, 0.05) is 5.39 Å². The first-order chi connectivity index (χ1) is 12.0. The van der Waals surface area contributed by atoms with Gasteiger partial charge in [0.25, 0.3) is 0 Å². The SMILES string of the molecule is COc1cc(C=NNc2cc(C)c3cc(C)cc(C)c3n2)ccc1O. The van der Waals surface area contributed by atoms with E-state index in [1.54, 1.807) is 24.4 Å². The van der Waals surface area contributed by atoms with E-state index in [2.05, 4.69) is 48.4 Å². The molecule has 0 spiro atoms. The van der Waals surface area contributed by atoms with E-state index in [1.165, 1.54) is 12.7 Å². The Hall–Kier alpha value is -3.08. The number of nitrogens with one attached hydrogen (secondary N) is 1. The van der Waals surface area contributed by atoms with Crippen LogP contribution in [-0.2, 0) is 0 Å². The van der Waals surface area contributed by atoms with Crippen molar-refractivity contribution in [3.05, 3.63) is 58.7 Å². The first kappa shape index (κ1) is 16.8. The van der Waals surface area contributed by atoms with Crippen LogP contribution >= 0.6 is 0 Å². The molecule has 0 amide bonds. The lowest BCUT2D eigenvalue weighted by molar-refractivity contribution is 0.373. The van der Waals surface area contributed by atoms with Crippen LogP contribution in [0.4, 0.5) is 5.82 Å². The number of aryl methyl sites for hydroxylation is 3. The number of pyridine rings is 1. The summed E-state index contributed by atoms with van der Waals surface area (Å²) < 4.78 is 5.09. The summed E-state index contributed by atoms with van der Waals surface area (Å²) in [4.78, 5) is 4.67. The molecule has 25 heavy (non-hydrogen) atoms. The van der Waals surface area contributed by atoms with Gasteiger partial charge in [-0.2, -0.15) is 5.10 Å². The van der Waals surface area contributed by atoms with Crippen LogP contribution in [0.2, 0.25) is 0 Å². The molecule has 2 N–H and O–H groups in total. The number of anilines is 1. The number of hydrogen-bond donors (Lipinski definition) is 2. The summed E-state index contributed by atoms with van der Waals surface area (Å²) in [7, 11) is 1.51. The van der Waals surface area contributed by atoms with Crippen LogP contribution in [0.1, 0.15) is 22.3 Å². The summed E-state index contributed by atoms with van der Waals surface area (Å²) in [5, 5.41) is 15.0. The number of fused-ring (bicyclic) bond motifs is 1. The zero-order chi connectivity index (χ0) is 18.0. The Labute approximate surface area is 147 Å². The van der Waals surface area contributed by atoms with Crippen LogP contribution in [0.25, 0.3) is 10.9 Å². The lowest BCUT2D eigenvalue weighted by Crippen LogP contribution is -1.97. The average Bonchev–Trinajstić information content (AvgIpc) is 2.57. The van der Waals surface area contributed by atoms with E-state index < -0.39 is 0 Å². The number of aromatic nitrogens is 1. The maximum absolute atomic E-state index is 9.62. The second-order valence-corrected chi connectivity index (χ2v) is 6.10. The van der Waals surface area contributed by atoms with E-state index in [0.717, 1.165) is 27.6 Å². The van der Waals surface area contributed by atoms with Crippen molar-refractivity contribution in [3.63, 3.8) is 0 Å². The highest BCUT2D eigenvalue weighted by molar-refractivity contribution is 5.87. The molecular weight excluding hydrogens is 314 g/mol. The number of phenols is 1. The maximum atomic E-state index is 9.62. The molecule has 2 aromatic carbocycles. The van der Waals surface area contributed by atoms with Crippen molar-refractivity contribution in [1.29, 1.82) is 0 Å². The van der Waals surface area contributed by atoms with Crippen LogP contribution in [0.5, 0.6) is 11.5 Å². The third-order valence-electron chi connectivity index (χ3n) is 4.05. The van der Waals surface area contributed by atoms with E-state index in [4.69, 9.17) is 4.74 Å². The summed E-state index contributed by atoms with van der Waals surface area (Å²) in [6, 6.07) is 11.3. The minimum atomic E-state index is 0.102. The number of hydrazone groups is 1. The number of phenolic OH excluding ortho intramolecular Hbond substituents is 1. The van der Waals surface area contributed by atoms with E-state index >= 15 is 0 Å². The van der Waals surface area contributed by atoms with Crippen molar-refractivity contribution in [2.45, 2.75) is 20.8 Å². The van der Waals surface area contributed by atoms with Gasteiger partial charge in [-0.25, -0.2) is 4.98 Å². The number of rotatable bonds is 4. The second-order valence-electron chi connectivity index (χ2n) is 6.10. The largest absolute Gasteiger partial charge is 0.504 e. The minimum Gasteiger partial charge on any atom is -0.504 e. The summed E-state index contributed by atoms with van der Waals surface area (Å²) >= 11 is 0. The first-order valence-electron chi connectivity index (χ1n) is 8.02. The van der Waals surface area contributed by atoms with E-state index in [1.807, 2.05) is 6.07 Å². The fraction of sp³-hybridized carbons (Fsp3) is 0.200. The van der Waals surface area contributed by atoms with E-state index in [9.17, 15) is 5.11 Å². The molecule has 0 unspecified atom stereocenters. The van der Waals surface area contributed by atoms with Gasteiger partial charge in [-0.05, 0) is 67.8 Å². The van der Waals surface area contributed by atoms with Gasteiger partial charge >= 0.3 is 0 Å². The number of methoxy groups -OCH3 is 1. The molecule has 0 bridgehead atoms. The zero-order valence-corrected chi connectivity index (χ0v) is 14.8. The minimum absolute atomic E-state index is 0.102. The van der Waals surface area contributed by atoms with Gasteiger partial charge in [0.1, 0.15) is 5.82 Å². The Morgan fingerprint density at radius 2 is 1.88 bits per heavy atom. The van der Waals surface area contributed by atoms with Crippen molar-refractivity contribution in [3.8, 4) is 11.5 Å². The van der Waals surface area contributed by atoms with E-state index in [-0.39, 0.29) is 5.75 Å². The van der Waals surface area contributed by atoms with Crippen LogP contribution in [-0.4, -0.2) is 23.4 Å². The number of nitrogens with zero attached hydrogens (tertiary/aromatic N) is 2. The summed E-state index contributed by atoms with van der Waals surface area (Å²) in [6.45, 7) is 6.23. The first-order valence-corrected chi connectivity index (χ1v) is 8.02. The fourth-order valence-electron chi connectivity index (χ4n) is 2.85. The highest BCUT2D eigenvalue weighted by atomic mass is 16.5. The molecule has 1 aromatic heterocycles. The van der Waals surface area contributed by atoms with Gasteiger partial charge in [-0.15, -0.1) is 0 Å². The van der Waals surface area contributed by atoms with Gasteiger partial charge in [0.15, 0.2) is 11.5 Å². The Bertz CT molecular complexity index is 965. The normalized spacial score (nSPS) is 11.2. The van der Waals surface area contributed by atoms with Crippen LogP contribution < -0.4 is 10.2 Å². The Morgan fingerprint density at radius 3 is 2.64 bits per heavy atom. The topological polar surface area (TPSA) is 66.7 Å². The van der Waals surface area contributed by atoms with Gasteiger partial charge in [-0.1, -0.05) is 11.6 Å². The molecule has 3 aromatic rings. The molecule has 1 heterocycles. The number of hydrogen-bond acceptors (Lipinski definition) is 5. The number of aromatic hydroxyl groups is 1. The summed E-state index contributed by atoms with van der Waals surface area (Å²) in [5.74, 6) is 1.21. The smallest absolute Gasteiger partial charge is 0.161 e. The molecule has 0 atom stereocenters. The molecular formula is C20H21N3O2. The Kier molecular flexibility index (Phi) is 4.57. The lowest BCUT2D eigenvalue weighted by atomic mass is 10.0. The third kappa shape index (κ3) is 3.55. The predicted molar refractivity (Wildman–Crippen MR) is 102 cm³/mol. The highest BCUT2D eigenvalue weighted by Gasteiger charge is 2.06. The molecule has 128 valence electrons. The standard InChI is InChI=1S/C20H21N3O2/c1-12-7-14(3)20-16(8-12)13(2)9-19(22-20)23-21-11-15-5-6-17(24)18(10-15)25-4/h5-11,24H,1-4H3,(H,22,23). The van der Waals surface area contributed by atoms with Crippen molar-refractivity contribution >= 4 is 22.9 Å². The average molecular weight is 335 g/mol. The molecule has 0 aliphatic rings. The van der Waals surface area contributed by atoms with Gasteiger partial charge in [0.2, 0.25) is 0 Å². The van der Waals surface area contributed by atoms with E-state index in [0.29, 0.717) is 11.6 Å². The number of ether oxygens (including phenoxy) is 1. The Morgan fingerprint density at radius 1 is 1.08 bits per heavy atom. The molecule has 0 saturated carbocycles. The number of benzene rings is 2. The highest BCUT2D eigenvalue weighted by Crippen LogP contribution is 2.26. The molecule has 5 heteroatoms. The van der Waals surface area contributed by atoms with Crippen molar-refractivity contribution < 1.29 is 9.84 Å². The monoisotopic (exact) mass is 335 g/mol.